The summed E-state index contributed by atoms with van der Waals surface area (Å²) in [5.74, 6) is 1.52. The summed E-state index contributed by atoms with van der Waals surface area (Å²) in [5, 5.41) is 3.43. The maximum Gasteiger partial charge on any atom is 0.145 e. The second kappa shape index (κ2) is 8.20. The van der Waals surface area contributed by atoms with Crippen molar-refractivity contribution in [3.05, 3.63) is 47.5 Å². The van der Waals surface area contributed by atoms with Crippen LogP contribution in [0.25, 0.3) is 0 Å². The molecule has 0 radical (unpaired) electrons. The molecule has 0 aromatic heterocycles. The molecular formula is C19H24N2O4. The largest absolute Gasteiger partial charge is 0.494 e. The Morgan fingerprint density at radius 2 is 1.92 bits per heavy atom. The van der Waals surface area contributed by atoms with E-state index in [4.69, 9.17) is 19.2 Å². The lowest BCUT2D eigenvalue weighted by Crippen LogP contribution is -2.19. The first kappa shape index (κ1) is 17.5. The van der Waals surface area contributed by atoms with Gasteiger partial charge in [0.25, 0.3) is 0 Å². The number of likely N-dealkylation sites (N-methyl/N-ethyl adjacent to an activating group) is 1. The number of nitrogens with zero attached hydrogens (tertiary/aromatic N) is 1. The second-order valence-electron chi connectivity index (χ2n) is 6.11. The smallest absolute Gasteiger partial charge is 0.145 e. The Labute approximate surface area is 148 Å². The average molecular weight is 344 g/mol. The molecule has 1 heterocycles. The van der Waals surface area contributed by atoms with Crippen LogP contribution < -0.4 is 14.8 Å². The number of rotatable bonds is 7. The third kappa shape index (κ3) is 4.42. The predicted octanol–water partition coefficient (Wildman–Crippen LogP) is 3.34. The van der Waals surface area contributed by atoms with Crippen LogP contribution in [0.5, 0.6) is 11.5 Å². The molecule has 1 aliphatic rings. The van der Waals surface area contributed by atoms with Gasteiger partial charge < -0.3 is 19.7 Å². The van der Waals surface area contributed by atoms with Crippen LogP contribution in [0.1, 0.15) is 11.1 Å². The topological polar surface area (TPSA) is 52.2 Å². The van der Waals surface area contributed by atoms with E-state index >= 15 is 0 Å². The molecule has 6 nitrogen and oxygen atoms in total. The number of nitrogens with one attached hydrogen (secondary N) is 1. The quantitative estimate of drug-likeness (QED) is 0.778. The molecular weight excluding hydrogens is 320 g/mol. The molecule has 0 aliphatic carbocycles. The zero-order valence-electron chi connectivity index (χ0n) is 14.9. The molecule has 0 amide bonds. The van der Waals surface area contributed by atoms with Gasteiger partial charge in [0, 0.05) is 23.9 Å². The van der Waals surface area contributed by atoms with Crippen LogP contribution in [-0.2, 0) is 23.0 Å². The summed E-state index contributed by atoms with van der Waals surface area (Å²) in [6.45, 7) is 2.38. The molecule has 0 atom stereocenters. The van der Waals surface area contributed by atoms with Crippen molar-refractivity contribution < 1.29 is 19.2 Å². The first-order valence-corrected chi connectivity index (χ1v) is 8.25. The highest BCUT2D eigenvalue weighted by atomic mass is 17.2. The van der Waals surface area contributed by atoms with Gasteiger partial charge >= 0.3 is 0 Å². The molecule has 1 aliphatic heterocycles. The lowest BCUT2D eigenvalue weighted by Gasteiger charge is -2.21. The number of hydrogen-bond acceptors (Lipinski definition) is 6. The van der Waals surface area contributed by atoms with E-state index in [1.165, 1.54) is 0 Å². The van der Waals surface area contributed by atoms with Gasteiger partial charge in [0.15, 0.2) is 0 Å². The van der Waals surface area contributed by atoms with Crippen LogP contribution in [-0.4, -0.2) is 39.3 Å². The van der Waals surface area contributed by atoms with E-state index in [1.807, 2.05) is 50.5 Å². The molecule has 0 spiro atoms. The van der Waals surface area contributed by atoms with Crippen molar-refractivity contribution in [3.63, 3.8) is 0 Å². The van der Waals surface area contributed by atoms with Crippen LogP contribution >= 0.6 is 0 Å². The second-order valence-corrected chi connectivity index (χ2v) is 6.11. The molecule has 3 rings (SSSR count). The molecule has 0 saturated carbocycles. The molecule has 2 aromatic rings. The maximum absolute atomic E-state index is 5.77. The van der Waals surface area contributed by atoms with Crippen molar-refractivity contribution >= 4 is 11.4 Å². The van der Waals surface area contributed by atoms with E-state index in [2.05, 4.69) is 10.2 Å². The van der Waals surface area contributed by atoms with Gasteiger partial charge in [-0.05, 0) is 37.9 Å². The standard InChI is InChI=1S/C19H24N2O4/c1-21(2)9-10-23-15-7-8-18(19(11-15)22-3)20-17-6-4-5-14-12-24-25-13-16(14)17/h4-8,11,20H,9-10,12-13H2,1-3H3. The maximum atomic E-state index is 5.77. The highest BCUT2D eigenvalue weighted by Crippen LogP contribution is 2.34. The van der Waals surface area contributed by atoms with Crippen LogP contribution in [0.3, 0.4) is 0 Å². The van der Waals surface area contributed by atoms with Crippen LogP contribution in [0, 0.1) is 0 Å². The van der Waals surface area contributed by atoms with E-state index < -0.39 is 0 Å². The number of benzene rings is 2. The Morgan fingerprint density at radius 3 is 2.72 bits per heavy atom. The van der Waals surface area contributed by atoms with Crippen LogP contribution in [0.15, 0.2) is 36.4 Å². The third-order valence-electron chi connectivity index (χ3n) is 4.02. The summed E-state index contributed by atoms with van der Waals surface area (Å²) in [5.41, 5.74) is 4.09. The van der Waals surface area contributed by atoms with Crippen molar-refractivity contribution in [2.45, 2.75) is 13.2 Å². The molecule has 0 saturated heterocycles. The SMILES string of the molecule is COc1cc(OCCN(C)C)ccc1Nc1cccc2c1COOC2. The summed E-state index contributed by atoms with van der Waals surface area (Å²) < 4.78 is 11.3. The summed E-state index contributed by atoms with van der Waals surface area (Å²) in [6.07, 6.45) is 0. The zero-order valence-corrected chi connectivity index (χ0v) is 14.9. The number of methoxy groups -OCH3 is 1. The van der Waals surface area contributed by atoms with Crippen LogP contribution in [0.4, 0.5) is 11.4 Å². The normalized spacial score (nSPS) is 13.4. The fourth-order valence-electron chi connectivity index (χ4n) is 2.62. The van der Waals surface area contributed by atoms with E-state index in [9.17, 15) is 0 Å². The van der Waals surface area contributed by atoms with E-state index in [0.717, 1.165) is 40.5 Å². The Kier molecular flexibility index (Phi) is 5.75. The van der Waals surface area contributed by atoms with Crippen molar-refractivity contribution in [2.24, 2.45) is 0 Å². The van der Waals surface area contributed by atoms with Gasteiger partial charge in [0.1, 0.15) is 31.3 Å². The Balaban J connectivity index is 1.76. The zero-order chi connectivity index (χ0) is 17.6. The molecule has 134 valence electrons. The molecule has 0 bridgehead atoms. The Hall–Kier alpha value is -2.28. The third-order valence-corrected chi connectivity index (χ3v) is 4.02. The van der Waals surface area contributed by atoms with Gasteiger partial charge in [-0.2, -0.15) is 0 Å². The van der Waals surface area contributed by atoms with Crippen LogP contribution in [0.2, 0.25) is 0 Å². The monoisotopic (exact) mass is 344 g/mol. The first-order valence-electron chi connectivity index (χ1n) is 8.25. The van der Waals surface area contributed by atoms with Gasteiger partial charge in [-0.3, -0.25) is 0 Å². The summed E-state index contributed by atoms with van der Waals surface area (Å²) in [7, 11) is 5.69. The van der Waals surface area contributed by atoms with Gasteiger partial charge in [-0.1, -0.05) is 12.1 Å². The van der Waals surface area contributed by atoms with Crippen molar-refractivity contribution in [2.75, 3.05) is 39.7 Å². The molecule has 2 aromatic carbocycles. The minimum absolute atomic E-state index is 0.423. The van der Waals surface area contributed by atoms with Gasteiger partial charge in [-0.25, -0.2) is 9.78 Å². The lowest BCUT2D eigenvalue weighted by molar-refractivity contribution is -0.321. The van der Waals surface area contributed by atoms with E-state index in [1.54, 1.807) is 7.11 Å². The summed E-state index contributed by atoms with van der Waals surface area (Å²) >= 11 is 0. The fraction of sp³-hybridized carbons (Fsp3) is 0.368. The number of anilines is 2. The number of hydrogen-bond donors (Lipinski definition) is 1. The summed E-state index contributed by atoms with van der Waals surface area (Å²) in [4.78, 5) is 12.2. The van der Waals surface area contributed by atoms with Crippen molar-refractivity contribution in [1.29, 1.82) is 0 Å². The van der Waals surface area contributed by atoms with E-state index in [-0.39, 0.29) is 0 Å². The fourth-order valence-corrected chi connectivity index (χ4v) is 2.62. The van der Waals surface area contributed by atoms with E-state index in [0.29, 0.717) is 19.8 Å². The predicted molar refractivity (Wildman–Crippen MR) is 96.3 cm³/mol. The highest BCUT2D eigenvalue weighted by Gasteiger charge is 2.15. The first-order chi connectivity index (χ1) is 12.2. The molecule has 25 heavy (non-hydrogen) atoms. The van der Waals surface area contributed by atoms with Crippen molar-refractivity contribution in [3.8, 4) is 11.5 Å². The average Bonchev–Trinajstić information content (AvgIpc) is 2.63. The minimum Gasteiger partial charge on any atom is -0.494 e. The van der Waals surface area contributed by atoms with Crippen molar-refractivity contribution in [1.82, 2.24) is 4.90 Å². The molecule has 6 heteroatoms. The molecule has 0 unspecified atom stereocenters. The minimum atomic E-state index is 0.423. The van der Waals surface area contributed by atoms with Gasteiger partial charge in [-0.15, -0.1) is 0 Å². The highest BCUT2D eigenvalue weighted by molar-refractivity contribution is 5.70. The van der Waals surface area contributed by atoms with Gasteiger partial charge in [0.05, 0.1) is 12.8 Å². The number of ether oxygens (including phenoxy) is 2. The molecule has 0 fully saturated rings. The summed E-state index contributed by atoms with van der Waals surface area (Å²) in [6, 6.07) is 11.9. The Morgan fingerprint density at radius 1 is 1.08 bits per heavy atom. The lowest BCUT2D eigenvalue weighted by atomic mass is 10.1. The number of fused-ring (bicyclic) bond motifs is 1. The van der Waals surface area contributed by atoms with Gasteiger partial charge in [0.2, 0.25) is 0 Å². The molecule has 1 N–H and O–H groups in total. The Bertz CT molecular complexity index is 719.